The summed E-state index contributed by atoms with van der Waals surface area (Å²) in [6.07, 6.45) is 2.15. The van der Waals surface area contributed by atoms with Crippen molar-refractivity contribution in [2.45, 2.75) is 18.9 Å². The summed E-state index contributed by atoms with van der Waals surface area (Å²) in [7, 11) is 2.01. The summed E-state index contributed by atoms with van der Waals surface area (Å²) in [5.74, 6) is 0.514. The van der Waals surface area contributed by atoms with Gasteiger partial charge in [-0.2, -0.15) is 10.1 Å². The van der Waals surface area contributed by atoms with E-state index in [1.54, 1.807) is 0 Å². The molecule has 5 heteroatoms. The van der Waals surface area contributed by atoms with E-state index >= 15 is 0 Å². The lowest BCUT2D eigenvalue weighted by atomic mass is 10.2. The fraction of sp³-hybridized carbons (Fsp3) is 0.714. The Bertz CT molecular complexity index is 316. The molecule has 0 aromatic carbocycles. The average molecular weight is 169 g/mol. The highest BCUT2D eigenvalue weighted by molar-refractivity contribution is 4.91. The van der Waals surface area contributed by atoms with E-state index < -0.39 is 5.69 Å². The van der Waals surface area contributed by atoms with E-state index in [4.69, 9.17) is 4.52 Å². The van der Waals surface area contributed by atoms with Crippen LogP contribution in [0.3, 0.4) is 0 Å². The predicted molar refractivity (Wildman–Crippen MR) is 41.7 cm³/mol. The molecule has 0 radical (unpaired) electrons. The van der Waals surface area contributed by atoms with Crippen LogP contribution in [0.5, 0.6) is 0 Å². The van der Waals surface area contributed by atoms with Crippen molar-refractivity contribution in [1.29, 1.82) is 0 Å². The molecule has 1 saturated heterocycles. The summed E-state index contributed by atoms with van der Waals surface area (Å²) in [4.78, 5) is 16.5. The van der Waals surface area contributed by atoms with Crippen molar-refractivity contribution in [3.8, 4) is 0 Å². The van der Waals surface area contributed by atoms with Crippen LogP contribution in [-0.2, 0) is 0 Å². The van der Waals surface area contributed by atoms with E-state index in [1.165, 1.54) is 0 Å². The second-order valence-electron chi connectivity index (χ2n) is 3.10. The van der Waals surface area contributed by atoms with E-state index in [2.05, 4.69) is 15.0 Å². The molecule has 0 amide bonds. The molecule has 0 aliphatic carbocycles. The Morgan fingerprint density at radius 1 is 1.75 bits per heavy atom. The third-order valence-corrected chi connectivity index (χ3v) is 2.26. The molecule has 1 aromatic heterocycles. The number of aromatic nitrogens is 2. The minimum atomic E-state index is -0.398. The predicted octanol–water partition coefficient (Wildman–Crippen LogP) is 0.130. The van der Waals surface area contributed by atoms with Crippen molar-refractivity contribution < 1.29 is 4.52 Å². The SMILES string of the molecule is CN1CCCC1c1nc(=O)[nH]o1. The van der Waals surface area contributed by atoms with Gasteiger partial charge in [0.15, 0.2) is 0 Å². The maximum absolute atomic E-state index is 10.7. The normalized spacial score (nSPS) is 24.9. The number of likely N-dealkylation sites (tertiary alicyclic amines) is 1. The van der Waals surface area contributed by atoms with Crippen molar-refractivity contribution in [2.24, 2.45) is 0 Å². The molecule has 1 N–H and O–H groups in total. The van der Waals surface area contributed by atoms with Gasteiger partial charge in [-0.15, -0.1) is 0 Å². The Balaban J connectivity index is 2.24. The summed E-state index contributed by atoms with van der Waals surface area (Å²) in [6, 6.07) is 0.184. The first-order chi connectivity index (χ1) is 5.77. The molecule has 12 heavy (non-hydrogen) atoms. The first-order valence-corrected chi connectivity index (χ1v) is 4.03. The highest BCUT2D eigenvalue weighted by Crippen LogP contribution is 2.27. The summed E-state index contributed by atoms with van der Waals surface area (Å²) in [5.41, 5.74) is -0.398. The monoisotopic (exact) mass is 169 g/mol. The van der Waals surface area contributed by atoms with E-state index in [0.717, 1.165) is 19.4 Å². The Labute approximate surface area is 69.4 Å². The minimum absolute atomic E-state index is 0.184. The number of aromatic amines is 1. The highest BCUT2D eigenvalue weighted by Gasteiger charge is 2.26. The second-order valence-corrected chi connectivity index (χ2v) is 3.10. The lowest BCUT2D eigenvalue weighted by Gasteiger charge is -2.13. The first-order valence-electron chi connectivity index (χ1n) is 4.03. The van der Waals surface area contributed by atoms with Crippen LogP contribution in [0.1, 0.15) is 24.8 Å². The maximum atomic E-state index is 10.7. The second kappa shape index (κ2) is 2.75. The van der Waals surface area contributed by atoms with Crippen LogP contribution in [0.25, 0.3) is 0 Å². The van der Waals surface area contributed by atoms with E-state index in [0.29, 0.717) is 5.89 Å². The smallest absolute Gasteiger partial charge is 0.360 e. The van der Waals surface area contributed by atoms with Crippen LogP contribution in [-0.4, -0.2) is 28.6 Å². The quantitative estimate of drug-likeness (QED) is 0.649. The van der Waals surface area contributed by atoms with Gasteiger partial charge in [0.2, 0.25) is 5.89 Å². The van der Waals surface area contributed by atoms with Gasteiger partial charge in [-0.05, 0) is 26.4 Å². The summed E-state index contributed by atoms with van der Waals surface area (Å²) < 4.78 is 4.93. The molecule has 1 unspecified atom stereocenters. The minimum Gasteiger partial charge on any atom is -0.360 e. The van der Waals surface area contributed by atoms with Crippen LogP contribution >= 0.6 is 0 Å². The van der Waals surface area contributed by atoms with Crippen molar-refractivity contribution >= 4 is 0 Å². The molecule has 1 fully saturated rings. The Morgan fingerprint density at radius 2 is 2.58 bits per heavy atom. The summed E-state index contributed by atoms with van der Waals surface area (Å²) in [5, 5.41) is 2.20. The molecule has 1 aliphatic rings. The molecular weight excluding hydrogens is 158 g/mol. The lowest BCUT2D eigenvalue weighted by Crippen LogP contribution is -2.18. The van der Waals surface area contributed by atoms with Gasteiger partial charge in [-0.1, -0.05) is 0 Å². The molecule has 5 nitrogen and oxygen atoms in total. The molecule has 66 valence electrons. The Morgan fingerprint density at radius 3 is 3.08 bits per heavy atom. The summed E-state index contributed by atoms with van der Waals surface area (Å²) in [6.45, 7) is 1.04. The van der Waals surface area contributed by atoms with Crippen molar-refractivity contribution in [1.82, 2.24) is 15.0 Å². The van der Waals surface area contributed by atoms with Crippen LogP contribution < -0.4 is 5.69 Å². The third-order valence-electron chi connectivity index (χ3n) is 2.26. The van der Waals surface area contributed by atoms with Gasteiger partial charge in [0.05, 0.1) is 6.04 Å². The largest absolute Gasteiger partial charge is 0.377 e. The number of hydrogen-bond donors (Lipinski definition) is 1. The van der Waals surface area contributed by atoms with Crippen LogP contribution in [0.4, 0.5) is 0 Å². The molecule has 2 rings (SSSR count). The molecule has 1 aliphatic heterocycles. The van der Waals surface area contributed by atoms with Gasteiger partial charge in [0.1, 0.15) is 0 Å². The van der Waals surface area contributed by atoms with Crippen LogP contribution in [0.15, 0.2) is 9.32 Å². The number of nitrogens with zero attached hydrogens (tertiary/aromatic N) is 2. The fourth-order valence-electron chi connectivity index (χ4n) is 1.61. The maximum Gasteiger partial charge on any atom is 0.377 e. The van der Waals surface area contributed by atoms with Gasteiger partial charge in [-0.3, -0.25) is 4.90 Å². The molecule has 0 bridgehead atoms. The first kappa shape index (κ1) is 7.54. The molecule has 1 aromatic rings. The molecule has 1 atom stereocenters. The lowest BCUT2D eigenvalue weighted by molar-refractivity contribution is 0.244. The molecule has 0 saturated carbocycles. The van der Waals surface area contributed by atoms with Crippen LogP contribution in [0.2, 0.25) is 0 Å². The molecule has 0 spiro atoms. The van der Waals surface area contributed by atoms with Gasteiger partial charge < -0.3 is 4.52 Å². The standard InChI is InChI=1S/C7H11N3O2/c1-10-4-2-3-5(10)6-8-7(11)9-12-6/h5H,2-4H2,1H3,(H,9,11). The number of nitrogens with one attached hydrogen (secondary N) is 1. The van der Waals surface area contributed by atoms with Crippen molar-refractivity contribution in [3.63, 3.8) is 0 Å². The van der Waals surface area contributed by atoms with E-state index in [-0.39, 0.29) is 6.04 Å². The number of rotatable bonds is 1. The average Bonchev–Trinajstić information content (AvgIpc) is 2.58. The van der Waals surface area contributed by atoms with Gasteiger partial charge >= 0.3 is 5.69 Å². The number of hydrogen-bond acceptors (Lipinski definition) is 4. The Hall–Kier alpha value is -1.10. The van der Waals surface area contributed by atoms with Crippen LogP contribution in [0, 0.1) is 0 Å². The van der Waals surface area contributed by atoms with Gasteiger partial charge in [0, 0.05) is 0 Å². The van der Waals surface area contributed by atoms with Gasteiger partial charge in [-0.25, -0.2) is 4.79 Å². The summed E-state index contributed by atoms with van der Waals surface area (Å²) >= 11 is 0. The van der Waals surface area contributed by atoms with E-state index in [9.17, 15) is 4.79 Å². The van der Waals surface area contributed by atoms with Gasteiger partial charge in [0.25, 0.3) is 0 Å². The zero-order valence-corrected chi connectivity index (χ0v) is 6.91. The zero-order chi connectivity index (χ0) is 8.55. The highest BCUT2D eigenvalue weighted by atomic mass is 16.5. The molecule has 2 heterocycles. The fourth-order valence-corrected chi connectivity index (χ4v) is 1.61. The van der Waals surface area contributed by atoms with E-state index in [1.807, 2.05) is 7.05 Å². The zero-order valence-electron chi connectivity index (χ0n) is 6.91. The van der Waals surface area contributed by atoms with Crippen molar-refractivity contribution in [3.05, 3.63) is 16.4 Å². The third kappa shape index (κ3) is 1.16. The topological polar surface area (TPSA) is 62.1 Å². The Kier molecular flexibility index (Phi) is 1.73. The molecular formula is C7H11N3O2. The number of H-pyrrole nitrogens is 1. The van der Waals surface area contributed by atoms with Crippen molar-refractivity contribution in [2.75, 3.05) is 13.6 Å².